The van der Waals surface area contributed by atoms with Crippen molar-refractivity contribution in [2.45, 2.75) is 0 Å². The molecule has 0 unspecified atom stereocenters. The molecule has 0 saturated heterocycles. The van der Waals surface area contributed by atoms with Crippen LogP contribution in [-0.4, -0.2) is 13.2 Å². The Labute approximate surface area is 122 Å². The summed E-state index contributed by atoms with van der Waals surface area (Å²) in [5, 5.41) is 0. The van der Waals surface area contributed by atoms with Gasteiger partial charge >= 0.3 is 0 Å². The molecule has 3 nitrogen and oxygen atoms in total. The molecule has 0 amide bonds. The van der Waals surface area contributed by atoms with Crippen LogP contribution < -0.4 is 14.2 Å². The van der Waals surface area contributed by atoms with Gasteiger partial charge in [0.05, 0.1) is 4.47 Å². The van der Waals surface area contributed by atoms with Crippen LogP contribution in [0.2, 0.25) is 0 Å². The standard InChI is InChI=1S/C14H9BrF2O3/c15-10-5-9(7-13-14(10)19-4-3-18-13)20-8-1-2-11(16)12(17)6-8/h1-2,5-7H,3-4H2. The highest BCUT2D eigenvalue weighted by Crippen LogP contribution is 2.41. The molecule has 0 radical (unpaired) electrons. The zero-order valence-corrected chi connectivity index (χ0v) is 11.7. The van der Waals surface area contributed by atoms with Crippen LogP contribution in [0.25, 0.3) is 0 Å². The maximum Gasteiger partial charge on any atom is 0.175 e. The van der Waals surface area contributed by atoms with Crippen molar-refractivity contribution < 1.29 is 23.0 Å². The molecule has 3 rings (SSSR count). The molecule has 0 aliphatic carbocycles. The second-order valence-electron chi connectivity index (χ2n) is 4.11. The van der Waals surface area contributed by atoms with Crippen molar-refractivity contribution in [3.8, 4) is 23.0 Å². The third-order valence-electron chi connectivity index (χ3n) is 2.70. The van der Waals surface area contributed by atoms with Gasteiger partial charge in [0.1, 0.15) is 24.7 Å². The van der Waals surface area contributed by atoms with Crippen molar-refractivity contribution in [3.63, 3.8) is 0 Å². The van der Waals surface area contributed by atoms with E-state index in [1.165, 1.54) is 6.07 Å². The number of hydrogen-bond donors (Lipinski definition) is 0. The molecule has 6 heteroatoms. The monoisotopic (exact) mass is 342 g/mol. The van der Waals surface area contributed by atoms with Crippen molar-refractivity contribution in [3.05, 3.63) is 46.4 Å². The number of rotatable bonds is 2. The Hall–Kier alpha value is -1.82. The zero-order chi connectivity index (χ0) is 14.1. The first-order valence-corrected chi connectivity index (χ1v) is 6.65. The number of hydrogen-bond acceptors (Lipinski definition) is 3. The second kappa shape index (κ2) is 5.28. The Morgan fingerprint density at radius 1 is 0.950 bits per heavy atom. The summed E-state index contributed by atoms with van der Waals surface area (Å²) in [7, 11) is 0. The molecular weight excluding hydrogens is 334 g/mol. The minimum absolute atomic E-state index is 0.201. The topological polar surface area (TPSA) is 27.7 Å². The van der Waals surface area contributed by atoms with E-state index in [1.807, 2.05) is 0 Å². The molecule has 20 heavy (non-hydrogen) atoms. The van der Waals surface area contributed by atoms with Crippen LogP contribution in [0.15, 0.2) is 34.8 Å². The lowest BCUT2D eigenvalue weighted by molar-refractivity contribution is 0.170. The van der Waals surface area contributed by atoms with E-state index in [2.05, 4.69) is 15.9 Å². The van der Waals surface area contributed by atoms with E-state index in [4.69, 9.17) is 14.2 Å². The number of ether oxygens (including phenoxy) is 3. The molecule has 104 valence electrons. The molecule has 0 bridgehead atoms. The average molecular weight is 343 g/mol. The maximum atomic E-state index is 13.1. The molecule has 0 aromatic heterocycles. The van der Waals surface area contributed by atoms with Gasteiger partial charge in [-0.1, -0.05) is 0 Å². The molecule has 1 aliphatic heterocycles. The Balaban J connectivity index is 1.90. The van der Waals surface area contributed by atoms with Crippen LogP contribution in [0.4, 0.5) is 8.78 Å². The van der Waals surface area contributed by atoms with E-state index in [9.17, 15) is 8.78 Å². The Morgan fingerprint density at radius 2 is 1.75 bits per heavy atom. The van der Waals surface area contributed by atoms with Crippen LogP contribution in [0.5, 0.6) is 23.0 Å². The van der Waals surface area contributed by atoms with Gasteiger partial charge < -0.3 is 14.2 Å². The molecule has 0 fully saturated rings. The lowest BCUT2D eigenvalue weighted by atomic mass is 10.2. The first-order chi connectivity index (χ1) is 9.63. The lowest BCUT2D eigenvalue weighted by Gasteiger charge is -2.20. The van der Waals surface area contributed by atoms with Gasteiger partial charge in [0, 0.05) is 12.1 Å². The summed E-state index contributed by atoms with van der Waals surface area (Å²) in [4.78, 5) is 0. The lowest BCUT2D eigenvalue weighted by Crippen LogP contribution is -2.15. The van der Waals surface area contributed by atoms with Gasteiger partial charge in [-0.2, -0.15) is 0 Å². The number of halogens is 3. The van der Waals surface area contributed by atoms with Crippen molar-refractivity contribution >= 4 is 15.9 Å². The van der Waals surface area contributed by atoms with Crippen molar-refractivity contribution in [1.82, 2.24) is 0 Å². The third kappa shape index (κ3) is 2.56. The van der Waals surface area contributed by atoms with Gasteiger partial charge in [-0.25, -0.2) is 8.78 Å². The van der Waals surface area contributed by atoms with Crippen LogP contribution in [0.3, 0.4) is 0 Å². The summed E-state index contributed by atoms with van der Waals surface area (Å²) in [5.74, 6) is -0.0866. The van der Waals surface area contributed by atoms with Gasteiger partial charge in [0.2, 0.25) is 0 Å². The van der Waals surface area contributed by atoms with Gasteiger partial charge in [-0.15, -0.1) is 0 Å². The Bertz CT molecular complexity index is 661. The summed E-state index contributed by atoms with van der Waals surface area (Å²) < 4.78 is 43.1. The molecule has 2 aromatic rings. The van der Waals surface area contributed by atoms with Crippen LogP contribution >= 0.6 is 15.9 Å². The summed E-state index contributed by atoms with van der Waals surface area (Å²) in [6.07, 6.45) is 0. The predicted molar refractivity (Wildman–Crippen MR) is 71.6 cm³/mol. The molecule has 0 saturated carbocycles. The highest BCUT2D eigenvalue weighted by atomic mass is 79.9. The van der Waals surface area contributed by atoms with Crippen LogP contribution in [0, 0.1) is 11.6 Å². The number of fused-ring (bicyclic) bond motifs is 1. The van der Waals surface area contributed by atoms with E-state index in [0.717, 1.165) is 12.1 Å². The smallest absolute Gasteiger partial charge is 0.175 e. The molecule has 0 spiro atoms. The van der Waals surface area contributed by atoms with Crippen LogP contribution in [0.1, 0.15) is 0 Å². The second-order valence-corrected chi connectivity index (χ2v) is 4.96. The normalized spacial score (nSPS) is 13.2. The van der Waals surface area contributed by atoms with Gasteiger partial charge in [-0.3, -0.25) is 0 Å². The SMILES string of the molecule is Fc1ccc(Oc2cc(Br)c3c(c2)OCCO3)cc1F. The Kier molecular flexibility index (Phi) is 3.48. The summed E-state index contributed by atoms with van der Waals surface area (Å²) in [5.41, 5.74) is 0. The van der Waals surface area contributed by atoms with E-state index in [1.54, 1.807) is 12.1 Å². The average Bonchev–Trinajstić information content (AvgIpc) is 2.43. The zero-order valence-electron chi connectivity index (χ0n) is 10.2. The van der Waals surface area contributed by atoms with E-state index < -0.39 is 11.6 Å². The molecule has 1 heterocycles. The fourth-order valence-corrected chi connectivity index (χ4v) is 2.36. The van der Waals surface area contributed by atoms with E-state index >= 15 is 0 Å². The summed E-state index contributed by atoms with van der Waals surface area (Å²) >= 11 is 3.35. The molecule has 0 N–H and O–H groups in total. The maximum absolute atomic E-state index is 13.1. The minimum atomic E-state index is -0.959. The number of benzene rings is 2. The van der Waals surface area contributed by atoms with Gasteiger partial charge in [0.25, 0.3) is 0 Å². The van der Waals surface area contributed by atoms with Crippen molar-refractivity contribution in [1.29, 1.82) is 0 Å². The van der Waals surface area contributed by atoms with Gasteiger partial charge in [0.15, 0.2) is 23.1 Å². The highest BCUT2D eigenvalue weighted by molar-refractivity contribution is 9.10. The van der Waals surface area contributed by atoms with Crippen molar-refractivity contribution in [2.24, 2.45) is 0 Å². The minimum Gasteiger partial charge on any atom is -0.486 e. The predicted octanol–water partition coefficient (Wildman–Crippen LogP) is 4.29. The first kappa shape index (κ1) is 13.2. The fraction of sp³-hybridized carbons (Fsp3) is 0.143. The van der Waals surface area contributed by atoms with E-state index in [0.29, 0.717) is 34.9 Å². The largest absolute Gasteiger partial charge is 0.486 e. The molecule has 1 aliphatic rings. The van der Waals surface area contributed by atoms with E-state index in [-0.39, 0.29) is 5.75 Å². The molecule has 2 aromatic carbocycles. The highest BCUT2D eigenvalue weighted by Gasteiger charge is 2.17. The Morgan fingerprint density at radius 3 is 2.55 bits per heavy atom. The molecular formula is C14H9BrF2O3. The van der Waals surface area contributed by atoms with Crippen molar-refractivity contribution in [2.75, 3.05) is 13.2 Å². The summed E-state index contributed by atoms with van der Waals surface area (Å²) in [6.45, 7) is 0.934. The quantitative estimate of drug-likeness (QED) is 0.814. The third-order valence-corrected chi connectivity index (χ3v) is 3.29. The molecule has 0 atom stereocenters. The van der Waals surface area contributed by atoms with Crippen LogP contribution in [-0.2, 0) is 0 Å². The fourth-order valence-electron chi connectivity index (χ4n) is 1.82. The first-order valence-electron chi connectivity index (χ1n) is 5.85. The van der Waals surface area contributed by atoms with Gasteiger partial charge in [-0.05, 0) is 34.1 Å². The summed E-state index contributed by atoms with van der Waals surface area (Å²) in [6, 6.07) is 6.66.